The summed E-state index contributed by atoms with van der Waals surface area (Å²) in [5.41, 5.74) is 4.94. The Balaban J connectivity index is 1.43. The first kappa shape index (κ1) is 23.6. The molecule has 4 rings (SSSR count). The molecule has 0 fully saturated rings. The third-order valence-corrected chi connectivity index (χ3v) is 5.77. The summed E-state index contributed by atoms with van der Waals surface area (Å²) in [6.07, 6.45) is 0. The minimum absolute atomic E-state index is 0.173. The number of hydrogen-bond acceptors (Lipinski definition) is 4. The number of ether oxygens (including phenoxy) is 1. The average Bonchev–Trinajstić information content (AvgIpc) is 3.34. The summed E-state index contributed by atoms with van der Waals surface area (Å²) in [7, 11) is 0. The topological polar surface area (TPSA) is 69.3 Å². The van der Waals surface area contributed by atoms with Crippen LogP contribution in [0.5, 0.6) is 5.75 Å². The molecule has 0 aliphatic rings. The lowest BCUT2D eigenvalue weighted by Gasteiger charge is -2.08. The molecule has 0 saturated carbocycles. The average molecular weight is 482 g/mol. The van der Waals surface area contributed by atoms with Crippen LogP contribution in [0.1, 0.15) is 44.4 Å². The van der Waals surface area contributed by atoms with E-state index in [1.165, 1.54) is 12.1 Å². The van der Waals surface area contributed by atoms with Gasteiger partial charge in [0.1, 0.15) is 23.9 Å². The number of nitrogens with zero attached hydrogens (tertiary/aromatic N) is 2. The van der Waals surface area contributed by atoms with Crippen LogP contribution in [0.2, 0.25) is 5.02 Å². The van der Waals surface area contributed by atoms with Crippen LogP contribution in [-0.2, 0) is 13.2 Å². The number of aryl methyl sites for hydroxylation is 3. The van der Waals surface area contributed by atoms with Gasteiger partial charge >= 0.3 is 0 Å². The summed E-state index contributed by atoms with van der Waals surface area (Å²) in [6, 6.07) is 13.6. The number of anilines is 1. The first-order valence-electron chi connectivity index (χ1n) is 10.8. The molecule has 0 saturated heterocycles. The van der Waals surface area contributed by atoms with E-state index in [9.17, 15) is 9.18 Å². The molecule has 0 spiro atoms. The van der Waals surface area contributed by atoms with E-state index >= 15 is 0 Å². The van der Waals surface area contributed by atoms with E-state index in [1.807, 2.05) is 32.9 Å². The zero-order valence-electron chi connectivity index (χ0n) is 19.4. The zero-order chi connectivity index (χ0) is 24.4. The second kappa shape index (κ2) is 9.73. The van der Waals surface area contributed by atoms with E-state index in [2.05, 4.69) is 16.5 Å². The number of rotatable bonds is 7. The summed E-state index contributed by atoms with van der Waals surface area (Å²) in [4.78, 5) is 12.8. The van der Waals surface area contributed by atoms with Gasteiger partial charge in [0.2, 0.25) is 0 Å². The van der Waals surface area contributed by atoms with Crippen LogP contribution in [0.4, 0.5) is 10.1 Å². The molecular weight excluding hydrogens is 457 g/mol. The largest absolute Gasteiger partial charge is 0.486 e. The quantitative estimate of drug-likeness (QED) is 0.332. The number of nitrogens with one attached hydrogen (secondary N) is 1. The highest BCUT2D eigenvalue weighted by atomic mass is 35.5. The Hall–Kier alpha value is -3.58. The Morgan fingerprint density at radius 3 is 2.53 bits per heavy atom. The lowest BCUT2D eigenvalue weighted by Crippen LogP contribution is -2.12. The molecule has 8 heteroatoms. The van der Waals surface area contributed by atoms with Gasteiger partial charge in [-0.15, -0.1) is 0 Å². The molecule has 4 aromatic rings. The van der Waals surface area contributed by atoms with Crippen molar-refractivity contribution < 1.29 is 18.3 Å². The van der Waals surface area contributed by atoms with E-state index in [0.29, 0.717) is 28.7 Å². The maximum Gasteiger partial charge on any atom is 0.291 e. The molecule has 176 valence electrons. The van der Waals surface area contributed by atoms with E-state index in [0.717, 1.165) is 28.1 Å². The fourth-order valence-corrected chi connectivity index (χ4v) is 3.99. The van der Waals surface area contributed by atoms with Gasteiger partial charge in [0.15, 0.2) is 5.76 Å². The summed E-state index contributed by atoms with van der Waals surface area (Å²) in [5, 5.41) is 7.70. The van der Waals surface area contributed by atoms with Gasteiger partial charge in [0, 0.05) is 5.02 Å². The van der Waals surface area contributed by atoms with E-state index in [4.69, 9.17) is 20.8 Å². The van der Waals surface area contributed by atoms with Crippen LogP contribution in [0.3, 0.4) is 0 Å². The molecule has 0 aliphatic heterocycles. The van der Waals surface area contributed by atoms with Crippen molar-refractivity contribution in [1.29, 1.82) is 0 Å². The highest BCUT2D eigenvalue weighted by Crippen LogP contribution is 2.25. The van der Waals surface area contributed by atoms with Gasteiger partial charge in [-0.3, -0.25) is 9.48 Å². The van der Waals surface area contributed by atoms with Gasteiger partial charge in [0.25, 0.3) is 5.91 Å². The van der Waals surface area contributed by atoms with E-state index in [1.54, 1.807) is 29.8 Å². The van der Waals surface area contributed by atoms with Crippen LogP contribution < -0.4 is 10.1 Å². The molecular formula is C26H25ClFN3O3. The maximum atomic E-state index is 13.3. The number of benzene rings is 2. The van der Waals surface area contributed by atoms with Crippen LogP contribution in [0, 0.1) is 33.5 Å². The molecule has 2 aromatic carbocycles. The van der Waals surface area contributed by atoms with Crippen molar-refractivity contribution in [2.75, 3.05) is 5.32 Å². The Bertz CT molecular complexity index is 1340. The molecule has 0 atom stereocenters. The SMILES string of the molecule is Cc1cc(C)cc(OCc2ccc(C(=O)Nc3c(C)nn(Cc4ccc(F)cc4Cl)c3C)o2)c1. The van der Waals surface area contributed by atoms with Gasteiger partial charge in [-0.05, 0) is 80.8 Å². The highest BCUT2D eigenvalue weighted by molar-refractivity contribution is 6.31. The van der Waals surface area contributed by atoms with Gasteiger partial charge < -0.3 is 14.5 Å². The number of aromatic nitrogens is 2. The summed E-state index contributed by atoms with van der Waals surface area (Å²) in [6.45, 7) is 8.23. The van der Waals surface area contributed by atoms with Crippen molar-refractivity contribution in [3.63, 3.8) is 0 Å². The van der Waals surface area contributed by atoms with Gasteiger partial charge in [-0.25, -0.2) is 4.39 Å². The molecule has 0 unspecified atom stereocenters. The van der Waals surface area contributed by atoms with Crippen molar-refractivity contribution in [3.05, 3.63) is 99.0 Å². The van der Waals surface area contributed by atoms with Crippen LogP contribution in [0.15, 0.2) is 52.9 Å². The lowest BCUT2D eigenvalue weighted by molar-refractivity contribution is 0.0992. The Labute approximate surface area is 202 Å². The first-order valence-corrected chi connectivity index (χ1v) is 11.2. The fourth-order valence-electron chi connectivity index (χ4n) is 3.77. The minimum atomic E-state index is -0.396. The zero-order valence-corrected chi connectivity index (χ0v) is 20.2. The monoisotopic (exact) mass is 481 g/mol. The number of hydrogen-bond donors (Lipinski definition) is 1. The molecule has 6 nitrogen and oxygen atoms in total. The van der Waals surface area contributed by atoms with Crippen LogP contribution in [-0.4, -0.2) is 15.7 Å². The summed E-state index contributed by atoms with van der Waals surface area (Å²) < 4.78 is 26.6. The van der Waals surface area contributed by atoms with Crippen molar-refractivity contribution in [3.8, 4) is 5.75 Å². The van der Waals surface area contributed by atoms with Crippen molar-refractivity contribution in [2.24, 2.45) is 0 Å². The second-order valence-electron chi connectivity index (χ2n) is 8.27. The predicted octanol–water partition coefficient (Wildman–Crippen LogP) is 6.38. The fraction of sp³-hybridized carbons (Fsp3) is 0.231. The number of furan rings is 1. The molecule has 0 radical (unpaired) electrons. The summed E-state index contributed by atoms with van der Waals surface area (Å²) in [5.74, 6) is 0.682. The van der Waals surface area contributed by atoms with Crippen molar-refractivity contribution in [1.82, 2.24) is 9.78 Å². The number of carbonyl (C=O) groups excluding carboxylic acids is 1. The molecule has 2 heterocycles. The Morgan fingerprint density at radius 2 is 1.82 bits per heavy atom. The number of halogens is 2. The smallest absolute Gasteiger partial charge is 0.291 e. The van der Waals surface area contributed by atoms with Crippen LogP contribution in [0.25, 0.3) is 0 Å². The van der Waals surface area contributed by atoms with Gasteiger partial charge in [0.05, 0.1) is 23.6 Å². The molecule has 0 bridgehead atoms. The Morgan fingerprint density at radius 1 is 1.09 bits per heavy atom. The molecule has 2 aromatic heterocycles. The maximum absolute atomic E-state index is 13.3. The van der Waals surface area contributed by atoms with Crippen LogP contribution >= 0.6 is 11.6 Å². The molecule has 1 amide bonds. The number of carbonyl (C=O) groups is 1. The molecule has 34 heavy (non-hydrogen) atoms. The van der Waals surface area contributed by atoms with Crippen molar-refractivity contribution >= 4 is 23.2 Å². The predicted molar refractivity (Wildman–Crippen MR) is 129 cm³/mol. The lowest BCUT2D eigenvalue weighted by atomic mass is 10.1. The normalized spacial score (nSPS) is 11.0. The van der Waals surface area contributed by atoms with Crippen molar-refractivity contribution in [2.45, 2.75) is 40.8 Å². The molecule has 1 N–H and O–H groups in total. The number of amides is 1. The first-order chi connectivity index (χ1) is 16.2. The third-order valence-electron chi connectivity index (χ3n) is 5.42. The Kier molecular flexibility index (Phi) is 6.75. The van der Waals surface area contributed by atoms with Gasteiger partial charge in [-0.1, -0.05) is 23.7 Å². The third kappa shape index (κ3) is 5.31. The molecule has 0 aliphatic carbocycles. The second-order valence-corrected chi connectivity index (χ2v) is 8.68. The van der Waals surface area contributed by atoms with E-state index in [-0.39, 0.29) is 18.3 Å². The van der Waals surface area contributed by atoms with E-state index < -0.39 is 5.82 Å². The summed E-state index contributed by atoms with van der Waals surface area (Å²) >= 11 is 6.15. The minimum Gasteiger partial charge on any atom is -0.486 e. The highest BCUT2D eigenvalue weighted by Gasteiger charge is 2.18. The standard InChI is InChI=1S/C26H25ClFN3O3/c1-15-9-16(2)11-22(10-15)33-14-21-7-8-24(34-21)26(32)29-25-17(3)30-31(18(25)4)13-19-5-6-20(28)12-23(19)27/h5-12H,13-14H2,1-4H3,(H,29,32). The van der Waals surface area contributed by atoms with Gasteiger partial charge in [-0.2, -0.15) is 5.10 Å².